The van der Waals surface area contributed by atoms with Crippen molar-refractivity contribution in [3.8, 4) is 0 Å². The highest BCUT2D eigenvalue weighted by Gasteiger charge is 2.60. The molecule has 1 heterocycles. The van der Waals surface area contributed by atoms with E-state index in [1.165, 1.54) is 5.57 Å². The summed E-state index contributed by atoms with van der Waals surface area (Å²) < 4.78 is 5.90. The summed E-state index contributed by atoms with van der Waals surface area (Å²) in [4.78, 5) is 12.7. The molecule has 1 aliphatic rings. The van der Waals surface area contributed by atoms with Crippen LogP contribution in [0.5, 0.6) is 0 Å². The number of nitrogens with one attached hydrogen (secondary N) is 1. The summed E-state index contributed by atoms with van der Waals surface area (Å²) in [6.07, 6.45) is 2.21. The summed E-state index contributed by atoms with van der Waals surface area (Å²) in [7, 11) is 0. The minimum absolute atomic E-state index is 0.0187. The molecule has 0 bridgehead atoms. The third kappa shape index (κ3) is 2.64. The number of anilines is 1. The molecule has 1 saturated carbocycles. The molecule has 25 heavy (non-hydrogen) atoms. The van der Waals surface area contributed by atoms with Crippen LogP contribution >= 0.6 is 0 Å². The van der Waals surface area contributed by atoms with E-state index in [4.69, 9.17) is 4.42 Å². The van der Waals surface area contributed by atoms with Crippen molar-refractivity contribution in [2.45, 2.75) is 27.7 Å². The number of carbonyl (C=O) groups excluding carboxylic acids is 1. The molecular formula is C22H23NO2. The molecule has 128 valence electrons. The van der Waals surface area contributed by atoms with E-state index in [0.717, 1.165) is 27.6 Å². The second-order valence-corrected chi connectivity index (χ2v) is 7.87. The number of furan rings is 1. The standard InChI is InChI=1S/C22H23NO2/c1-13(2)11-17-20(22(17,3)4)21(24)23-14-9-10-16-15-7-5-6-8-18(15)25-19(16)12-14/h5-12,17,20H,1-4H3,(H,23,24)/t17-,20+/m1/s1. The molecule has 1 fully saturated rings. The molecule has 0 saturated heterocycles. The normalized spacial score (nSPS) is 21.3. The molecule has 3 aromatic rings. The molecule has 1 aromatic heterocycles. The molecule has 4 rings (SSSR count). The first kappa shape index (κ1) is 15.9. The number of rotatable bonds is 3. The third-order valence-electron chi connectivity index (χ3n) is 5.35. The lowest BCUT2D eigenvalue weighted by Gasteiger charge is -2.06. The van der Waals surface area contributed by atoms with Gasteiger partial charge in [0.1, 0.15) is 11.2 Å². The van der Waals surface area contributed by atoms with Crippen LogP contribution in [0.15, 0.2) is 58.5 Å². The maximum atomic E-state index is 12.7. The van der Waals surface area contributed by atoms with Crippen LogP contribution in [0.25, 0.3) is 21.9 Å². The highest BCUT2D eigenvalue weighted by molar-refractivity contribution is 6.06. The van der Waals surface area contributed by atoms with Gasteiger partial charge in [-0.05, 0) is 43.4 Å². The van der Waals surface area contributed by atoms with E-state index in [1.807, 2.05) is 36.4 Å². The summed E-state index contributed by atoms with van der Waals surface area (Å²) in [5, 5.41) is 5.24. The Hall–Kier alpha value is -2.55. The van der Waals surface area contributed by atoms with Crippen molar-refractivity contribution in [3.63, 3.8) is 0 Å². The smallest absolute Gasteiger partial charge is 0.228 e. The average Bonchev–Trinajstić information content (AvgIpc) is 2.91. The lowest BCUT2D eigenvalue weighted by Crippen LogP contribution is -2.16. The Morgan fingerprint density at radius 3 is 2.56 bits per heavy atom. The van der Waals surface area contributed by atoms with Crippen molar-refractivity contribution >= 4 is 33.5 Å². The summed E-state index contributed by atoms with van der Waals surface area (Å²) in [6.45, 7) is 8.48. The molecule has 0 aliphatic heterocycles. The van der Waals surface area contributed by atoms with E-state index in [0.29, 0.717) is 5.92 Å². The fourth-order valence-corrected chi connectivity index (χ4v) is 3.87. The molecule has 0 radical (unpaired) electrons. The van der Waals surface area contributed by atoms with E-state index < -0.39 is 0 Å². The summed E-state index contributed by atoms with van der Waals surface area (Å²) in [5.74, 6) is 0.421. The van der Waals surface area contributed by atoms with Crippen molar-refractivity contribution in [3.05, 3.63) is 54.1 Å². The zero-order chi connectivity index (χ0) is 17.8. The number of carbonyl (C=O) groups is 1. The van der Waals surface area contributed by atoms with E-state index >= 15 is 0 Å². The molecule has 1 N–H and O–H groups in total. The van der Waals surface area contributed by atoms with E-state index in [2.05, 4.69) is 45.2 Å². The van der Waals surface area contributed by atoms with Crippen molar-refractivity contribution in [1.82, 2.24) is 0 Å². The van der Waals surface area contributed by atoms with Crippen molar-refractivity contribution < 1.29 is 9.21 Å². The average molecular weight is 333 g/mol. The Kier molecular flexibility index (Phi) is 3.50. The Balaban J connectivity index is 1.60. The number of hydrogen-bond acceptors (Lipinski definition) is 2. The quantitative estimate of drug-likeness (QED) is 0.619. The Bertz CT molecular complexity index is 1010. The molecule has 2 aromatic carbocycles. The highest BCUT2D eigenvalue weighted by Crippen LogP contribution is 2.59. The van der Waals surface area contributed by atoms with Gasteiger partial charge in [0.2, 0.25) is 5.91 Å². The second kappa shape index (κ2) is 5.48. The molecule has 3 nitrogen and oxygen atoms in total. The predicted molar refractivity (Wildman–Crippen MR) is 103 cm³/mol. The number of para-hydroxylation sites is 1. The van der Waals surface area contributed by atoms with Crippen LogP contribution in [0.3, 0.4) is 0 Å². The van der Waals surface area contributed by atoms with Gasteiger partial charge in [0, 0.05) is 22.5 Å². The van der Waals surface area contributed by atoms with Gasteiger partial charge in [0.15, 0.2) is 0 Å². The maximum absolute atomic E-state index is 12.7. The van der Waals surface area contributed by atoms with Gasteiger partial charge in [-0.15, -0.1) is 0 Å². The number of hydrogen-bond donors (Lipinski definition) is 1. The van der Waals surface area contributed by atoms with Crippen LogP contribution in [-0.4, -0.2) is 5.91 Å². The van der Waals surface area contributed by atoms with Crippen molar-refractivity contribution in [2.75, 3.05) is 5.32 Å². The van der Waals surface area contributed by atoms with E-state index in [1.54, 1.807) is 0 Å². The number of amides is 1. The van der Waals surface area contributed by atoms with Gasteiger partial charge >= 0.3 is 0 Å². The molecule has 0 spiro atoms. The SMILES string of the molecule is CC(C)=C[C@@H]1[C@@H](C(=O)Nc2ccc3c(c2)oc2ccccc23)C1(C)C. The zero-order valence-corrected chi connectivity index (χ0v) is 15.1. The Labute approximate surface area is 147 Å². The largest absolute Gasteiger partial charge is 0.456 e. The third-order valence-corrected chi connectivity index (χ3v) is 5.35. The first-order valence-electron chi connectivity index (χ1n) is 8.75. The predicted octanol–water partition coefficient (Wildman–Crippen LogP) is 5.76. The van der Waals surface area contributed by atoms with Gasteiger partial charge < -0.3 is 9.73 Å². The maximum Gasteiger partial charge on any atom is 0.228 e. The van der Waals surface area contributed by atoms with Gasteiger partial charge in [0.25, 0.3) is 0 Å². The minimum Gasteiger partial charge on any atom is -0.456 e. The van der Waals surface area contributed by atoms with E-state index in [-0.39, 0.29) is 17.2 Å². The lowest BCUT2D eigenvalue weighted by atomic mass is 10.1. The van der Waals surface area contributed by atoms with Gasteiger partial charge in [-0.2, -0.15) is 0 Å². The van der Waals surface area contributed by atoms with Crippen molar-refractivity contribution in [1.29, 1.82) is 0 Å². The lowest BCUT2D eigenvalue weighted by molar-refractivity contribution is -0.118. The van der Waals surface area contributed by atoms with Gasteiger partial charge in [-0.1, -0.05) is 43.7 Å². The molecule has 1 aliphatic carbocycles. The zero-order valence-electron chi connectivity index (χ0n) is 15.1. The first-order chi connectivity index (χ1) is 11.9. The first-order valence-corrected chi connectivity index (χ1v) is 8.75. The fraction of sp³-hybridized carbons (Fsp3) is 0.318. The van der Waals surface area contributed by atoms with Crippen LogP contribution in [0.2, 0.25) is 0 Å². The Morgan fingerprint density at radius 2 is 1.80 bits per heavy atom. The van der Waals surface area contributed by atoms with Gasteiger partial charge in [0.05, 0.1) is 5.92 Å². The molecule has 0 unspecified atom stereocenters. The van der Waals surface area contributed by atoms with Crippen LogP contribution in [0.1, 0.15) is 27.7 Å². The molecule has 3 heteroatoms. The number of allylic oxidation sites excluding steroid dienone is 2. The second-order valence-electron chi connectivity index (χ2n) is 7.87. The van der Waals surface area contributed by atoms with Gasteiger partial charge in [-0.25, -0.2) is 0 Å². The fourth-order valence-electron chi connectivity index (χ4n) is 3.87. The summed E-state index contributed by atoms with van der Waals surface area (Å²) >= 11 is 0. The monoisotopic (exact) mass is 333 g/mol. The summed E-state index contributed by atoms with van der Waals surface area (Å²) in [5.41, 5.74) is 3.74. The highest BCUT2D eigenvalue weighted by atomic mass is 16.3. The number of benzene rings is 2. The minimum atomic E-state index is 0.0187. The Morgan fingerprint density at radius 1 is 1.08 bits per heavy atom. The van der Waals surface area contributed by atoms with Crippen LogP contribution in [0.4, 0.5) is 5.69 Å². The van der Waals surface area contributed by atoms with Crippen LogP contribution < -0.4 is 5.32 Å². The van der Waals surface area contributed by atoms with Crippen LogP contribution in [0, 0.1) is 17.3 Å². The molecule has 2 atom stereocenters. The van der Waals surface area contributed by atoms with Crippen molar-refractivity contribution in [2.24, 2.45) is 17.3 Å². The van der Waals surface area contributed by atoms with Gasteiger partial charge in [-0.3, -0.25) is 4.79 Å². The van der Waals surface area contributed by atoms with E-state index in [9.17, 15) is 4.79 Å². The topological polar surface area (TPSA) is 42.2 Å². The summed E-state index contributed by atoms with van der Waals surface area (Å²) in [6, 6.07) is 13.9. The molecule has 1 amide bonds. The van der Waals surface area contributed by atoms with Crippen LogP contribution in [-0.2, 0) is 4.79 Å². The number of fused-ring (bicyclic) bond motifs is 3. The molecular weight excluding hydrogens is 310 g/mol.